The Labute approximate surface area is 92.1 Å². The van der Waals surface area contributed by atoms with Crippen LogP contribution in [-0.4, -0.2) is 37.6 Å². The van der Waals surface area contributed by atoms with Crippen molar-refractivity contribution in [3.8, 4) is 0 Å². The highest BCUT2D eigenvalue weighted by molar-refractivity contribution is 5.66. The molecule has 0 saturated carbocycles. The topological polar surface area (TPSA) is 29.5 Å². The van der Waals surface area contributed by atoms with Gasteiger partial charge in [-0.15, -0.1) is 0 Å². The second-order valence-corrected chi connectivity index (χ2v) is 4.63. The maximum absolute atomic E-state index is 11.0. The summed E-state index contributed by atoms with van der Waals surface area (Å²) in [5.74, 6) is 0.175. The van der Waals surface area contributed by atoms with Crippen molar-refractivity contribution in [1.82, 2.24) is 4.90 Å². The number of hydrogen-bond donors (Lipinski definition) is 0. The van der Waals surface area contributed by atoms with Gasteiger partial charge in [0.2, 0.25) is 0 Å². The fraction of sp³-hybridized carbons (Fsp3) is 0.750. The molecule has 0 aromatic heterocycles. The predicted molar refractivity (Wildman–Crippen MR) is 60.6 cm³/mol. The number of ether oxygens (including phenoxy) is 1. The van der Waals surface area contributed by atoms with Crippen LogP contribution in [0, 0.1) is 5.92 Å². The van der Waals surface area contributed by atoms with Crippen molar-refractivity contribution in [3.05, 3.63) is 11.6 Å². The van der Waals surface area contributed by atoms with Gasteiger partial charge in [0, 0.05) is 19.4 Å². The van der Waals surface area contributed by atoms with E-state index < -0.39 is 0 Å². The molecule has 2 unspecified atom stereocenters. The number of carbonyl (C=O) groups excluding carboxylic acids is 1. The van der Waals surface area contributed by atoms with E-state index in [4.69, 9.17) is 4.74 Å². The van der Waals surface area contributed by atoms with Crippen molar-refractivity contribution in [3.63, 3.8) is 0 Å². The zero-order chi connectivity index (χ0) is 11.4. The van der Waals surface area contributed by atoms with Gasteiger partial charge in [-0.05, 0) is 33.9 Å². The average Bonchev–Trinajstić information content (AvgIpc) is 2.08. The minimum atomic E-state index is -0.170. The van der Waals surface area contributed by atoms with Crippen LogP contribution in [0.25, 0.3) is 0 Å². The smallest absolute Gasteiger partial charge is 0.302 e. The van der Waals surface area contributed by atoms with Gasteiger partial charge in [-0.2, -0.15) is 0 Å². The van der Waals surface area contributed by atoms with E-state index >= 15 is 0 Å². The summed E-state index contributed by atoms with van der Waals surface area (Å²) in [6, 6.07) is 0. The van der Waals surface area contributed by atoms with Crippen molar-refractivity contribution < 1.29 is 9.53 Å². The molecule has 0 amide bonds. The zero-order valence-electron chi connectivity index (χ0n) is 10.1. The summed E-state index contributed by atoms with van der Waals surface area (Å²) in [5.41, 5.74) is 1.41. The van der Waals surface area contributed by atoms with Gasteiger partial charge in [-0.3, -0.25) is 4.79 Å². The summed E-state index contributed by atoms with van der Waals surface area (Å²) in [7, 11) is 4.09. The largest absolute Gasteiger partial charge is 0.462 e. The Morgan fingerprint density at radius 1 is 1.60 bits per heavy atom. The molecule has 0 fully saturated rings. The molecule has 86 valence electrons. The lowest BCUT2D eigenvalue weighted by Crippen LogP contribution is -2.34. The summed E-state index contributed by atoms with van der Waals surface area (Å²) in [4.78, 5) is 13.1. The predicted octanol–water partition coefficient (Wildman–Crippen LogP) is 1.84. The first kappa shape index (κ1) is 12.2. The number of hydrogen-bond acceptors (Lipinski definition) is 3. The van der Waals surface area contributed by atoms with Crippen LogP contribution in [0.15, 0.2) is 11.6 Å². The van der Waals surface area contributed by atoms with Gasteiger partial charge in [0.15, 0.2) is 0 Å². The third kappa shape index (κ3) is 4.04. The first-order valence-corrected chi connectivity index (χ1v) is 5.48. The molecule has 1 aliphatic rings. The van der Waals surface area contributed by atoms with Crippen LogP contribution in [0.1, 0.15) is 26.7 Å². The molecule has 2 atom stereocenters. The Morgan fingerprint density at radius 3 is 2.80 bits per heavy atom. The lowest BCUT2D eigenvalue weighted by Gasteiger charge is -2.30. The summed E-state index contributed by atoms with van der Waals surface area (Å²) in [6.07, 6.45) is 4.31. The maximum atomic E-state index is 11.0. The van der Waals surface area contributed by atoms with Crippen molar-refractivity contribution >= 4 is 5.97 Å². The fourth-order valence-electron chi connectivity index (χ4n) is 2.09. The van der Waals surface area contributed by atoms with E-state index in [-0.39, 0.29) is 12.1 Å². The van der Waals surface area contributed by atoms with Crippen molar-refractivity contribution in [2.75, 3.05) is 20.6 Å². The minimum Gasteiger partial charge on any atom is -0.462 e. The Morgan fingerprint density at radius 2 is 2.27 bits per heavy atom. The van der Waals surface area contributed by atoms with E-state index in [1.807, 2.05) is 14.1 Å². The van der Waals surface area contributed by atoms with E-state index in [0.717, 1.165) is 19.4 Å². The quantitative estimate of drug-likeness (QED) is 0.527. The molecule has 3 nitrogen and oxygen atoms in total. The van der Waals surface area contributed by atoms with Gasteiger partial charge in [0.05, 0.1) is 0 Å². The fourth-order valence-corrected chi connectivity index (χ4v) is 2.09. The summed E-state index contributed by atoms with van der Waals surface area (Å²) in [6.45, 7) is 4.57. The molecule has 1 aliphatic carbocycles. The lowest BCUT2D eigenvalue weighted by molar-refractivity contribution is -0.149. The van der Waals surface area contributed by atoms with Crippen LogP contribution in [0.5, 0.6) is 0 Å². The Kier molecular flexibility index (Phi) is 4.33. The molecule has 0 saturated heterocycles. The van der Waals surface area contributed by atoms with E-state index in [2.05, 4.69) is 17.9 Å². The third-order valence-corrected chi connectivity index (χ3v) is 2.69. The van der Waals surface area contributed by atoms with Crippen molar-refractivity contribution in [2.24, 2.45) is 5.92 Å². The molecule has 15 heavy (non-hydrogen) atoms. The summed E-state index contributed by atoms with van der Waals surface area (Å²) in [5, 5.41) is 0. The molecule has 0 aliphatic heterocycles. The highest BCUT2D eigenvalue weighted by atomic mass is 16.5. The first-order valence-electron chi connectivity index (χ1n) is 5.48. The van der Waals surface area contributed by atoms with E-state index in [1.54, 1.807) is 0 Å². The maximum Gasteiger partial charge on any atom is 0.302 e. The highest BCUT2D eigenvalue weighted by Crippen LogP contribution is 2.26. The number of rotatable bonds is 3. The van der Waals surface area contributed by atoms with Crippen LogP contribution in [0.3, 0.4) is 0 Å². The van der Waals surface area contributed by atoms with Gasteiger partial charge < -0.3 is 9.64 Å². The number of allylic oxidation sites excluding steroid dienone is 1. The monoisotopic (exact) mass is 211 g/mol. The minimum absolute atomic E-state index is 0.0635. The number of carbonyl (C=O) groups is 1. The van der Waals surface area contributed by atoms with Crippen LogP contribution in [-0.2, 0) is 9.53 Å². The van der Waals surface area contributed by atoms with E-state index in [0.29, 0.717) is 5.92 Å². The molecule has 0 aromatic carbocycles. The highest BCUT2D eigenvalue weighted by Gasteiger charge is 2.26. The molecule has 0 N–H and O–H groups in total. The van der Waals surface area contributed by atoms with E-state index in [1.165, 1.54) is 12.5 Å². The normalized spacial score (nSPS) is 26.3. The standard InChI is InChI=1S/C12H21NO2/c1-9-5-6-12(15-10(2)14)11(7-9)8-13(3)4/h7,11-12H,5-6,8H2,1-4H3. The Bertz CT molecular complexity index is 258. The lowest BCUT2D eigenvalue weighted by atomic mass is 9.88. The summed E-state index contributed by atoms with van der Waals surface area (Å²) >= 11 is 0. The molecule has 0 bridgehead atoms. The second kappa shape index (κ2) is 5.31. The number of nitrogens with zero attached hydrogens (tertiary/aromatic N) is 1. The average molecular weight is 211 g/mol. The van der Waals surface area contributed by atoms with Crippen LogP contribution >= 0.6 is 0 Å². The molecule has 1 rings (SSSR count). The van der Waals surface area contributed by atoms with Crippen molar-refractivity contribution in [1.29, 1.82) is 0 Å². The van der Waals surface area contributed by atoms with Gasteiger partial charge in [0.25, 0.3) is 0 Å². The summed E-state index contributed by atoms with van der Waals surface area (Å²) < 4.78 is 5.34. The second-order valence-electron chi connectivity index (χ2n) is 4.63. The number of esters is 1. The Hall–Kier alpha value is -0.830. The van der Waals surface area contributed by atoms with Crippen molar-refractivity contribution in [2.45, 2.75) is 32.8 Å². The van der Waals surface area contributed by atoms with Crippen LogP contribution < -0.4 is 0 Å². The molecular formula is C12H21NO2. The molecule has 0 aromatic rings. The molecule has 3 heteroatoms. The molecule has 0 spiro atoms. The van der Waals surface area contributed by atoms with Crippen LogP contribution in [0.4, 0.5) is 0 Å². The Balaban J connectivity index is 2.64. The molecular weight excluding hydrogens is 190 g/mol. The van der Waals surface area contributed by atoms with Gasteiger partial charge >= 0.3 is 5.97 Å². The van der Waals surface area contributed by atoms with E-state index in [9.17, 15) is 4.79 Å². The van der Waals surface area contributed by atoms with Crippen LogP contribution in [0.2, 0.25) is 0 Å². The SMILES string of the molecule is CC(=O)OC1CCC(C)=CC1CN(C)C. The van der Waals surface area contributed by atoms with Gasteiger partial charge in [-0.1, -0.05) is 11.6 Å². The zero-order valence-corrected chi connectivity index (χ0v) is 10.1. The molecule has 0 heterocycles. The molecule has 0 radical (unpaired) electrons. The third-order valence-electron chi connectivity index (χ3n) is 2.69. The first-order chi connectivity index (χ1) is 6.99. The van der Waals surface area contributed by atoms with Gasteiger partial charge in [0.1, 0.15) is 6.10 Å². The van der Waals surface area contributed by atoms with Gasteiger partial charge in [-0.25, -0.2) is 0 Å².